The zero-order chi connectivity index (χ0) is 21.9. The molecule has 0 saturated heterocycles. The summed E-state index contributed by atoms with van der Waals surface area (Å²) in [5.74, 6) is 0.438. The van der Waals surface area contributed by atoms with Gasteiger partial charge in [0.25, 0.3) is 0 Å². The van der Waals surface area contributed by atoms with E-state index in [1.165, 1.54) is 11.1 Å². The van der Waals surface area contributed by atoms with Gasteiger partial charge in [-0.1, -0.05) is 60.7 Å². The van der Waals surface area contributed by atoms with Gasteiger partial charge in [0.05, 0.1) is 5.69 Å². The van der Waals surface area contributed by atoms with Crippen molar-refractivity contribution in [2.24, 2.45) is 0 Å². The van der Waals surface area contributed by atoms with Crippen molar-refractivity contribution >= 4 is 11.8 Å². The Labute approximate surface area is 183 Å². The predicted molar refractivity (Wildman–Crippen MR) is 119 cm³/mol. The number of carbonyl (C=O) groups is 2. The normalized spacial score (nSPS) is 10.6. The molecule has 1 heterocycles. The van der Waals surface area contributed by atoms with Crippen LogP contribution in [0.25, 0.3) is 0 Å². The summed E-state index contributed by atoms with van der Waals surface area (Å²) < 4.78 is 5.49. The Kier molecular flexibility index (Phi) is 8.40. The number of oxazole rings is 1. The van der Waals surface area contributed by atoms with Crippen molar-refractivity contribution in [2.45, 2.75) is 32.1 Å². The Balaban J connectivity index is 1.31. The van der Waals surface area contributed by atoms with E-state index in [0.29, 0.717) is 25.4 Å². The zero-order valence-electron chi connectivity index (χ0n) is 17.9. The van der Waals surface area contributed by atoms with Crippen molar-refractivity contribution in [1.82, 2.24) is 15.2 Å². The zero-order valence-corrected chi connectivity index (χ0v) is 17.9. The molecule has 0 aliphatic carbocycles. The van der Waals surface area contributed by atoms with E-state index in [4.69, 9.17) is 4.42 Å². The summed E-state index contributed by atoms with van der Waals surface area (Å²) in [6.45, 7) is 1.07. The smallest absolute Gasteiger partial charge is 0.222 e. The molecule has 162 valence electrons. The van der Waals surface area contributed by atoms with E-state index in [1.54, 1.807) is 18.2 Å². The first kappa shape index (κ1) is 22.3. The van der Waals surface area contributed by atoms with Gasteiger partial charge in [-0.05, 0) is 17.5 Å². The average molecular weight is 420 g/mol. The molecule has 0 spiro atoms. The lowest BCUT2D eigenvalue weighted by molar-refractivity contribution is -0.132. The van der Waals surface area contributed by atoms with Crippen LogP contribution in [0.2, 0.25) is 0 Å². The molecule has 2 amide bonds. The maximum Gasteiger partial charge on any atom is 0.222 e. The highest BCUT2D eigenvalue weighted by molar-refractivity contribution is 5.83. The average Bonchev–Trinajstić information content (AvgIpc) is 3.24. The van der Waals surface area contributed by atoms with Crippen LogP contribution in [0.5, 0.6) is 0 Å². The van der Waals surface area contributed by atoms with E-state index < -0.39 is 0 Å². The second kappa shape index (κ2) is 11.7. The molecule has 3 aromatic rings. The molecule has 0 radical (unpaired) electrons. The maximum absolute atomic E-state index is 12.2. The summed E-state index contributed by atoms with van der Waals surface area (Å²) in [6.07, 6.45) is 4.09. The van der Waals surface area contributed by atoms with E-state index in [9.17, 15) is 9.59 Å². The van der Waals surface area contributed by atoms with E-state index in [-0.39, 0.29) is 24.7 Å². The van der Waals surface area contributed by atoms with Crippen molar-refractivity contribution in [3.8, 4) is 0 Å². The molecule has 2 aromatic carbocycles. The molecule has 1 aromatic heterocycles. The first-order valence-electron chi connectivity index (χ1n) is 10.6. The van der Waals surface area contributed by atoms with Gasteiger partial charge in [0, 0.05) is 45.8 Å². The Morgan fingerprint density at radius 2 is 1.61 bits per heavy atom. The number of carbonyl (C=O) groups excluding carboxylic acids is 2. The molecule has 0 fully saturated rings. The number of benzene rings is 2. The third-order valence-corrected chi connectivity index (χ3v) is 5.06. The number of likely N-dealkylation sites (N-methyl/N-ethyl adjacent to an activating group) is 1. The lowest BCUT2D eigenvalue weighted by atomic mass is 10.1. The van der Waals surface area contributed by atoms with Gasteiger partial charge >= 0.3 is 0 Å². The van der Waals surface area contributed by atoms with Crippen molar-refractivity contribution in [3.63, 3.8) is 0 Å². The summed E-state index contributed by atoms with van der Waals surface area (Å²) in [7, 11) is 1.78. The third kappa shape index (κ3) is 7.74. The van der Waals surface area contributed by atoms with Crippen LogP contribution >= 0.6 is 0 Å². The van der Waals surface area contributed by atoms with Gasteiger partial charge in [0.15, 0.2) is 5.89 Å². The molecule has 0 aliphatic heterocycles. The number of amides is 2. The fourth-order valence-electron chi connectivity index (χ4n) is 3.22. The van der Waals surface area contributed by atoms with Gasteiger partial charge < -0.3 is 14.6 Å². The van der Waals surface area contributed by atoms with Crippen LogP contribution in [0.4, 0.5) is 0 Å². The van der Waals surface area contributed by atoms with E-state index in [2.05, 4.69) is 22.4 Å². The highest BCUT2D eigenvalue weighted by atomic mass is 16.3. The summed E-state index contributed by atoms with van der Waals surface area (Å²) in [4.78, 5) is 30.4. The van der Waals surface area contributed by atoms with Crippen molar-refractivity contribution in [3.05, 3.63) is 89.6 Å². The van der Waals surface area contributed by atoms with E-state index >= 15 is 0 Å². The van der Waals surface area contributed by atoms with Crippen LogP contribution in [0.1, 0.15) is 35.6 Å². The van der Waals surface area contributed by atoms with E-state index in [0.717, 1.165) is 18.5 Å². The van der Waals surface area contributed by atoms with Crippen LogP contribution in [0.3, 0.4) is 0 Å². The first-order chi connectivity index (χ1) is 15.1. The van der Waals surface area contributed by atoms with E-state index in [1.807, 2.05) is 48.5 Å². The topological polar surface area (TPSA) is 75.4 Å². The maximum atomic E-state index is 12.2. The molecular weight excluding hydrogens is 390 g/mol. The molecule has 6 heteroatoms. The Morgan fingerprint density at radius 1 is 0.935 bits per heavy atom. The summed E-state index contributed by atoms with van der Waals surface area (Å²) in [6, 6.07) is 20.1. The van der Waals surface area contributed by atoms with Crippen molar-refractivity contribution in [1.29, 1.82) is 0 Å². The summed E-state index contributed by atoms with van der Waals surface area (Å²) in [5.41, 5.74) is 3.24. The monoisotopic (exact) mass is 419 g/mol. The Morgan fingerprint density at radius 3 is 2.32 bits per heavy atom. The van der Waals surface area contributed by atoms with Crippen LogP contribution in [0.15, 0.2) is 71.3 Å². The van der Waals surface area contributed by atoms with Crippen LogP contribution in [-0.2, 0) is 28.9 Å². The summed E-state index contributed by atoms with van der Waals surface area (Å²) in [5, 5.41) is 2.83. The molecule has 0 saturated carbocycles. The second-order valence-electron chi connectivity index (χ2n) is 7.55. The molecule has 0 bridgehead atoms. The van der Waals surface area contributed by atoms with Gasteiger partial charge in [0.2, 0.25) is 11.8 Å². The fourth-order valence-corrected chi connectivity index (χ4v) is 3.22. The first-order valence-corrected chi connectivity index (χ1v) is 10.6. The highest BCUT2D eigenvalue weighted by Gasteiger charge is 2.12. The third-order valence-electron chi connectivity index (χ3n) is 5.06. The number of hydrogen-bond acceptors (Lipinski definition) is 4. The highest BCUT2D eigenvalue weighted by Crippen LogP contribution is 2.09. The standard InChI is InChI=1S/C25H29N3O3/c1-28(17-15-20-8-4-2-5-9-20)25(30)13-12-23(29)26-16-14-24-27-22(19-31-24)18-21-10-6-3-7-11-21/h2-11,19H,12-18H2,1H3,(H,26,29). The molecule has 31 heavy (non-hydrogen) atoms. The minimum absolute atomic E-state index is 0.0238. The largest absolute Gasteiger partial charge is 0.449 e. The molecule has 1 N–H and O–H groups in total. The number of rotatable bonds is 11. The summed E-state index contributed by atoms with van der Waals surface area (Å²) >= 11 is 0. The van der Waals surface area contributed by atoms with Crippen LogP contribution in [0, 0.1) is 0 Å². The predicted octanol–water partition coefficient (Wildman–Crippen LogP) is 3.41. The van der Waals surface area contributed by atoms with Gasteiger partial charge in [-0.25, -0.2) is 4.98 Å². The minimum Gasteiger partial charge on any atom is -0.449 e. The molecule has 0 unspecified atom stereocenters. The SMILES string of the molecule is CN(CCc1ccccc1)C(=O)CCC(=O)NCCc1nc(Cc2ccccc2)co1. The molecule has 6 nitrogen and oxygen atoms in total. The lowest BCUT2D eigenvalue weighted by Gasteiger charge is -2.17. The quantitative estimate of drug-likeness (QED) is 0.517. The minimum atomic E-state index is -0.138. The fraction of sp³-hybridized carbons (Fsp3) is 0.320. The van der Waals surface area contributed by atoms with Gasteiger partial charge in [-0.2, -0.15) is 0 Å². The number of aromatic nitrogens is 1. The van der Waals surface area contributed by atoms with Crippen molar-refractivity contribution < 1.29 is 14.0 Å². The second-order valence-corrected chi connectivity index (χ2v) is 7.55. The molecule has 0 atom stereocenters. The molecule has 0 aliphatic rings. The molecule has 3 rings (SSSR count). The number of nitrogens with zero attached hydrogens (tertiary/aromatic N) is 2. The van der Waals surface area contributed by atoms with Gasteiger partial charge in [0.1, 0.15) is 6.26 Å². The number of hydrogen-bond donors (Lipinski definition) is 1. The van der Waals surface area contributed by atoms with Gasteiger partial charge in [-0.15, -0.1) is 0 Å². The Bertz CT molecular complexity index is 954. The van der Waals surface area contributed by atoms with Crippen molar-refractivity contribution in [2.75, 3.05) is 20.1 Å². The Hall–Kier alpha value is -3.41. The number of nitrogens with one attached hydrogen (secondary N) is 1. The van der Waals surface area contributed by atoms with Gasteiger partial charge in [-0.3, -0.25) is 9.59 Å². The lowest BCUT2D eigenvalue weighted by Crippen LogP contribution is -2.31. The van der Waals surface area contributed by atoms with Crippen LogP contribution < -0.4 is 5.32 Å². The molecular formula is C25H29N3O3. The van der Waals surface area contributed by atoms with Crippen LogP contribution in [-0.4, -0.2) is 41.8 Å².